The molecule has 1 N–H and O–H groups in total. The van der Waals surface area contributed by atoms with Crippen molar-refractivity contribution in [1.82, 2.24) is 4.31 Å². The molecule has 0 spiro atoms. The van der Waals surface area contributed by atoms with Crippen LogP contribution >= 0.6 is 38.9 Å². The van der Waals surface area contributed by atoms with Crippen LogP contribution in [0.2, 0.25) is 5.02 Å². The maximum Gasteiger partial charge on any atom is 0.266 e. The number of hydrogen-bond acceptors (Lipinski definition) is 6. The zero-order valence-electron chi connectivity index (χ0n) is 17.8. The van der Waals surface area contributed by atoms with Crippen LogP contribution in [0.3, 0.4) is 0 Å². The molecule has 2 aromatic carbocycles. The quantitative estimate of drug-likeness (QED) is 0.430. The maximum atomic E-state index is 12.8. The van der Waals surface area contributed by atoms with Gasteiger partial charge in [-0.1, -0.05) is 11.6 Å². The first-order chi connectivity index (χ1) is 16.0. The van der Waals surface area contributed by atoms with E-state index in [1.807, 2.05) is 0 Å². The lowest BCUT2D eigenvalue weighted by molar-refractivity contribution is -0.116. The Bertz CT molecular complexity index is 1450. The Hall–Kier alpha value is -2.57. The lowest BCUT2D eigenvalue weighted by Gasteiger charge is -2.18. The number of nitrogens with zero attached hydrogens (tertiary/aromatic N) is 2. The summed E-state index contributed by atoms with van der Waals surface area (Å²) in [5, 5.41) is 3.01. The lowest BCUT2D eigenvalue weighted by Crippen LogP contribution is -2.34. The molecule has 0 fully saturated rings. The van der Waals surface area contributed by atoms with Crippen molar-refractivity contribution in [2.75, 3.05) is 23.8 Å². The molecule has 0 saturated heterocycles. The van der Waals surface area contributed by atoms with Gasteiger partial charge in [0.1, 0.15) is 4.21 Å². The summed E-state index contributed by atoms with van der Waals surface area (Å²) in [7, 11) is -2.48. The summed E-state index contributed by atoms with van der Waals surface area (Å²) >= 11 is 10.2. The second-order valence-electron chi connectivity index (χ2n) is 7.50. The van der Waals surface area contributed by atoms with Crippen LogP contribution < -0.4 is 10.2 Å². The van der Waals surface area contributed by atoms with E-state index in [1.165, 1.54) is 25.2 Å². The minimum Gasteiger partial charge on any atom is -0.325 e. The molecule has 0 unspecified atom stereocenters. The Morgan fingerprint density at radius 3 is 2.44 bits per heavy atom. The number of halogens is 2. The number of hydrogen-bond donors (Lipinski definition) is 1. The molecule has 1 aliphatic heterocycles. The summed E-state index contributed by atoms with van der Waals surface area (Å²) in [6.45, 7) is 1.31. The Labute approximate surface area is 213 Å². The maximum absolute atomic E-state index is 12.8. The fourth-order valence-electron chi connectivity index (χ4n) is 3.49. The van der Waals surface area contributed by atoms with Crippen LogP contribution in [-0.2, 0) is 14.8 Å². The van der Waals surface area contributed by atoms with Crippen LogP contribution in [-0.4, -0.2) is 44.0 Å². The van der Waals surface area contributed by atoms with Gasteiger partial charge in [-0.2, -0.15) is 4.31 Å². The topological polar surface area (TPSA) is 104 Å². The van der Waals surface area contributed by atoms with Crippen LogP contribution in [0.1, 0.15) is 26.3 Å². The van der Waals surface area contributed by atoms with Crippen molar-refractivity contribution in [2.45, 2.75) is 11.1 Å². The second-order valence-corrected chi connectivity index (χ2v) is 12.7. The van der Waals surface area contributed by atoms with Crippen LogP contribution in [0.4, 0.5) is 11.4 Å². The van der Waals surface area contributed by atoms with Crippen molar-refractivity contribution < 1.29 is 22.8 Å². The molecule has 12 heteroatoms. The van der Waals surface area contributed by atoms with Gasteiger partial charge in [-0.3, -0.25) is 14.4 Å². The molecule has 4 rings (SSSR count). The van der Waals surface area contributed by atoms with Gasteiger partial charge in [-0.15, -0.1) is 11.3 Å². The summed E-state index contributed by atoms with van der Waals surface area (Å²) in [6.07, 6.45) is 0. The molecule has 176 valence electrons. The molecule has 0 bridgehead atoms. The monoisotopic (exact) mass is 581 g/mol. The number of likely N-dealkylation sites (N-methyl/N-ethyl adjacent to an activating group) is 1. The number of carbonyl (C=O) groups excluding carboxylic acids is 3. The predicted molar refractivity (Wildman–Crippen MR) is 134 cm³/mol. The van der Waals surface area contributed by atoms with Crippen molar-refractivity contribution >= 4 is 78.0 Å². The molecule has 34 heavy (non-hydrogen) atoms. The van der Waals surface area contributed by atoms with E-state index in [-0.39, 0.29) is 15.3 Å². The minimum absolute atomic E-state index is 0.122. The number of sulfonamides is 1. The summed E-state index contributed by atoms with van der Waals surface area (Å²) in [5.41, 5.74) is 1.85. The van der Waals surface area contributed by atoms with E-state index in [0.717, 1.165) is 20.5 Å². The number of amides is 3. The molecule has 0 radical (unpaired) electrons. The third-order valence-corrected chi connectivity index (χ3v) is 9.28. The second kappa shape index (κ2) is 9.23. The molecular formula is C22H17BrClN3O5S2. The average molecular weight is 583 g/mol. The number of carbonyl (C=O) groups is 3. The van der Waals surface area contributed by atoms with Crippen molar-refractivity contribution in [3.05, 3.63) is 74.0 Å². The standard InChI is InChI=1S/C22H17BrClN3O5S2/c1-12-9-14(25-19(28)11-26(2)34(31,32)20-8-7-18(23)33-20)4-6-17(12)27-21(29)15-5-3-13(24)10-16(15)22(27)30/h3-10H,11H2,1-2H3,(H,25,28). The van der Waals surface area contributed by atoms with Crippen LogP contribution in [0.25, 0.3) is 0 Å². The molecular weight excluding hydrogens is 566 g/mol. The van der Waals surface area contributed by atoms with Gasteiger partial charge in [0, 0.05) is 17.8 Å². The molecule has 3 aromatic rings. The number of thiophene rings is 1. The Morgan fingerprint density at radius 1 is 1.09 bits per heavy atom. The molecule has 3 amide bonds. The fourth-order valence-corrected chi connectivity index (χ4v) is 7.01. The normalized spacial score (nSPS) is 13.5. The van der Waals surface area contributed by atoms with Crippen LogP contribution in [0.15, 0.2) is 56.5 Å². The van der Waals surface area contributed by atoms with E-state index in [4.69, 9.17) is 11.6 Å². The number of aryl methyl sites for hydroxylation is 1. The molecule has 0 saturated carbocycles. The molecule has 0 atom stereocenters. The van der Waals surface area contributed by atoms with Gasteiger partial charge in [0.25, 0.3) is 21.8 Å². The Kier molecular flexibility index (Phi) is 6.67. The number of benzene rings is 2. The van der Waals surface area contributed by atoms with Gasteiger partial charge in [-0.05, 0) is 76.9 Å². The highest BCUT2D eigenvalue weighted by atomic mass is 79.9. The van der Waals surface area contributed by atoms with E-state index >= 15 is 0 Å². The molecule has 1 aliphatic rings. The van der Waals surface area contributed by atoms with E-state index < -0.39 is 34.3 Å². The van der Waals surface area contributed by atoms with Crippen molar-refractivity contribution in [2.24, 2.45) is 0 Å². The van der Waals surface area contributed by atoms with E-state index in [9.17, 15) is 22.8 Å². The largest absolute Gasteiger partial charge is 0.325 e. The predicted octanol–water partition coefficient (Wildman–Crippen LogP) is 4.53. The van der Waals surface area contributed by atoms with Gasteiger partial charge in [0.05, 0.1) is 27.1 Å². The summed E-state index contributed by atoms with van der Waals surface area (Å²) < 4.78 is 27.0. The Morgan fingerprint density at radius 2 is 1.79 bits per heavy atom. The fraction of sp³-hybridized carbons (Fsp3) is 0.136. The minimum atomic E-state index is -3.80. The molecule has 2 heterocycles. The van der Waals surface area contributed by atoms with E-state index in [2.05, 4.69) is 21.2 Å². The van der Waals surface area contributed by atoms with Gasteiger partial charge in [-0.25, -0.2) is 13.3 Å². The van der Waals surface area contributed by atoms with Gasteiger partial charge < -0.3 is 5.32 Å². The van der Waals surface area contributed by atoms with E-state index in [0.29, 0.717) is 25.7 Å². The number of nitrogens with one attached hydrogen (secondary N) is 1. The van der Waals surface area contributed by atoms with Crippen molar-refractivity contribution in [3.63, 3.8) is 0 Å². The first kappa shape index (κ1) is 24.6. The third-order valence-electron chi connectivity index (χ3n) is 5.15. The van der Waals surface area contributed by atoms with Crippen molar-refractivity contribution in [3.8, 4) is 0 Å². The summed E-state index contributed by atoms with van der Waals surface area (Å²) in [4.78, 5) is 39.2. The summed E-state index contributed by atoms with van der Waals surface area (Å²) in [6, 6.07) is 12.3. The zero-order valence-corrected chi connectivity index (χ0v) is 21.8. The summed E-state index contributed by atoms with van der Waals surface area (Å²) in [5.74, 6) is -1.47. The highest BCUT2D eigenvalue weighted by Crippen LogP contribution is 2.33. The van der Waals surface area contributed by atoms with Crippen LogP contribution in [0.5, 0.6) is 0 Å². The molecule has 8 nitrogen and oxygen atoms in total. The Balaban J connectivity index is 1.48. The first-order valence-electron chi connectivity index (χ1n) is 9.79. The lowest BCUT2D eigenvalue weighted by atomic mass is 10.1. The van der Waals surface area contributed by atoms with Crippen LogP contribution in [0, 0.1) is 6.92 Å². The van der Waals surface area contributed by atoms with Crippen molar-refractivity contribution in [1.29, 1.82) is 0 Å². The van der Waals surface area contributed by atoms with Gasteiger partial charge in [0.2, 0.25) is 5.91 Å². The SMILES string of the molecule is Cc1cc(NC(=O)CN(C)S(=O)(=O)c2ccc(Br)s2)ccc1N1C(=O)c2ccc(Cl)cc2C1=O. The number of imide groups is 1. The number of anilines is 2. The zero-order chi connectivity index (χ0) is 24.8. The average Bonchev–Trinajstić information content (AvgIpc) is 3.30. The van der Waals surface area contributed by atoms with E-state index in [1.54, 1.807) is 37.3 Å². The molecule has 1 aromatic heterocycles. The highest BCUT2D eigenvalue weighted by Gasteiger charge is 2.37. The smallest absolute Gasteiger partial charge is 0.266 e. The van der Waals surface area contributed by atoms with Gasteiger partial charge >= 0.3 is 0 Å². The number of rotatable bonds is 6. The van der Waals surface area contributed by atoms with Gasteiger partial charge in [0.15, 0.2) is 0 Å². The third kappa shape index (κ3) is 4.53. The molecule has 0 aliphatic carbocycles. The highest BCUT2D eigenvalue weighted by molar-refractivity contribution is 9.11. The number of fused-ring (bicyclic) bond motifs is 1. The first-order valence-corrected chi connectivity index (χ1v) is 13.2.